The Labute approximate surface area is 491 Å². The van der Waals surface area contributed by atoms with E-state index in [0.717, 1.165) is 10.5 Å². The molecule has 0 bridgehead atoms. The first-order valence-corrected chi connectivity index (χ1v) is 29.0. The molecule has 8 atom stereocenters. The largest absolute Gasteiger partial charge is 0.460 e. The van der Waals surface area contributed by atoms with Crippen molar-refractivity contribution in [2.45, 2.75) is 129 Å². The molecule has 1 aromatic carbocycles. The maximum Gasteiger partial charge on any atom is 0.329 e. The van der Waals surface area contributed by atoms with Crippen LogP contribution >= 0.6 is 0 Å². The smallest absolute Gasteiger partial charge is 0.329 e. The second kappa shape index (κ2) is 38.3. The average molecular weight is 1170 g/mol. The molecule has 1 saturated heterocycles. The zero-order chi connectivity index (χ0) is 61.5. The first kappa shape index (κ1) is 71.6. The number of carbonyl (C=O) groups is 8. The van der Waals surface area contributed by atoms with E-state index in [9.17, 15) is 38.4 Å². The van der Waals surface area contributed by atoms with Crippen molar-refractivity contribution in [2.24, 2.45) is 17.8 Å². The number of ether oxygens (including phenoxy) is 9. The van der Waals surface area contributed by atoms with Gasteiger partial charge in [0.25, 0.3) is 11.8 Å². The Morgan fingerprint density at radius 2 is 1.31 bits per heavy atom. The van der Waals surface area contributed by atoms with E-state index in [4.69, 9.17) is 42.6 Å². The predicted octanol–water partition coefficient (Wildman–Crippen LogP) is 3.16. The summed E-state index contributed by atoms with van der Waals surface area (Å²) in [5.41, 5.74) is -0.521. The summed E-state index contributed by atoms with van der Waals surface area (Å²) < 4.78 is 50.5. The van der Waals surface area contributed by atoms with Crippen molar-refractivity contribution in [1.29, 1.82) is 0 Å². The number of carbonyl (C=O) groups excluding carboxylic acids is 8. The van der Waals surface area contributed by atoms with Gasteiger partial charge in [0.05, 0.1) is 129 Å². The van der Waals surface area contributed by atoms with Crippen molar-refractivity contribution in [3.63, 3.8) is 0 Å². The van der Waals surface area contributed by atoms with Crippen molar-refractivity contribution in [1.82, 2.24) is 30.2 Å². The van der Waals surface area contributed by atoms with E-state index in [1.54, 1.807) is 37.6 Å². The molecule has 0 aliphatic carbocycles. The summed E-state index contributed by atoms with van der Waals surface area (Å²) in [6, 6.07) is 6.27. The standard InChI is InChI=1S/C60H96N6O17/c1-13-27-83-58(73)46(40-45-19-16-15-17-20-45)61-56(71)44(6)55(76-12)47-21-18-25-65(47)52(70)41-48(75-11)54(43(5)14-2)63(9)57(72)53(42(3)4)62-59(74)60(7,8)64(10)49(67)24-28-77-30-32-79-34-36-81-38-39-82-37-35-80-33-31-78-29-26-66-50(68)22-23-51(66)69/h13,15-17,19-20,22-23,42-44,46-48,53-55H,1,14,18,21,24-41H2,2-12H3,(H,61,71)(H,62,74). The number of rotatable bonds is 43. The predicted molar refractivity (Wildman–Crippen MR) is 308 cm³/mol. The van der Waals surface area contributed by atoms with E-state index in [1.165, 1.54) is 44.4 Å². The van der Waals surface area contributed by atoms with Crippen molar-refractivity contribution in [3.8, 4) is 0 Å². The van der Waals surface area contributed by atoms with Crippen LogP contribution in [0.5, 0.6) is 0 Å². The van der Waals surface area contributed by atoms with E-state index in [1.807, 2.05) is 58.0 Å². The lowest BCUT2D eigenvalue weighted by atomic mass is 9.89. The molecule has 2 heterocycles. The van der Waals surface area contributed by atoms with Crippen molar-refractivity contribution < 1.29 is 81.0 Å². The lowest BCUT2D eigenvalue weighted by molar-refractivity contribution is -0.150. The summed E-state index contributed by atoms with van der Waals surface area (Å²) in [6.45, 7) is 20.6. The Morgan fingerprint density at radius 3 is 1.82 bits per heavy atom. The molecule has 2 aliphatic heterocycles. The maximum absolute atomic E-state index is 14.6. The number of nitrogens with one attached hydrogen (secondary N) is 2. The molecule has 2 aliphatic rings. The molecule has 7 amide bonds. The normalized spacial score (nSPS) is 16.9. The summed E-state index contributed by atoms with van der Waals surface area (Å²) in [7, 11) is 6.20. The topological polar surface area (TPSA) is 257 Å². The third kappa shape index (κ3) is 23.4. The van der Waals surface area contributed by atoms with Crippen LogP contribution < -0.4 is 10.6 Å². The lowest BCUT2D eigenvalue weighted by Gasteiger charge is -2.41. The molecule has 0 radical (unpaired) electrons. The number of likely N-dealkylation sites (N-methyl/N-ethyl adjacent to an activating group) is 2. The fraction of sp³-hybridized carbons (Fsp3) is 0.700. The molecule has 0 saturated carbocycles. The van der Waals surface area contributed by atoms with Gasteiger partial charge in [0.15, 0.2) is 0 Å². The highest BCUT2D eigenvalue weighted by Gasteiger charge is 2.44. The second-order valence-electron chi connectivity index (χ2n) is 21.6. The van der Waals surface area contributed by atoms with Gasteiger partial charge in [-0.1, -0.05) is 84.0 Å². The Hall–Kier alpha value is -5.66. The second-order valence-corrected chi connectivity index (χ2v) is 21.6. The fourth-order valence-corrected chi connectivity index (χ4v) is 9.75. The van der Waals surface area contributed by atoms with E-state index in [2.05, 4.69) is 17.2 Å². The van der Waals surface area contributed by atoms with E-state index in [-0.39, 0.29) is 100 Å². The summed E-state index contributed by atoms with van der Waals surface area (Å²) >= 11 is 0. The Morgan fingerprint density at radius 1 is 0.771 bits per heavy atom. The minimum absolute atomic E-state index is 0.00436. The summed E-state index contributed by atoms with van der Waals surface area (Å²) in [4.78, 5) is 112. The van der Waals surface area contributed by atoms with Crippen LogP contribution in [-0.4, -0.2) is 236 Å². The molecule has 23 nitrogen and oxygen atoms in total. The van der Waals surface area contributed by atoms with Gasteiger partial charge in [0.1, 0.15) is 24.2 Å². The minimum Gasteiger partial charge on any atom is -0.460 e. The van der Waals surface area contributed by atoms with Gasteiger partial charge in [-0.3, -0.25) is 38.5 Å². The molecule has 8 unspecified atom stereocenters. The van der Waals surface area contributed by atoms with Crippen LogP contribution in [-0.2, 0) is 87.4 Å². The average Bonchev–Trinajstić information content (AvgIpc) is 4.26. The summed E-state index contributed by atoms with van der Waals surface area (Å²) in [5, 5.41) is 5.82. The quantitative estimate of drug-likeness (QED) is 0.0412. The molecule has 83 heavy (non-hydrogen) atoms. The highest BCUT2D eigenvalue weighted by atomic mass is 16.6. The van der Waals surface area contributed by atoms with Crippen LogP contribution in [0.3, 0.4) is 0 Å². The number of hydrogen-bond donors (Lipinski definition) is 2. The van der Waals surface area contributed by atoms with Crippen molar-refractivity contribution >= 4 is 47.3 Å². The monoisotopic (exact) mass is 1170 g/mol. The molecule has 468 valence electrons. The third-order valence-electron chi connectivity index (χ3n) is 15.2. The number of likely N-dealkylation sites (tertiary alicyclic amines) is 1. The number of nitrogens with zero attached hydrogens (tertiary/aromatic N) is 4. The van der Waals surface area contributed by atoms with Crippen molar-refractivity contribution in [3.05, 3.63) is 60.7 Å². The van der Waals surface area contributed by atoms with Crippen molar-refractivity contribution in [2.75, 3.05) is 127 Å². The zero-order valence-corrected chi connectivity index (χ0v) is 51.1. The lowest BCUT2D eigenvalue weighted by Crippen LogP contribution is -2.62. The first-order valence-electron chi connectivity index (χ1n) is 29.0. The summed E-state index contributed by atoms with van der Waals surface area (Å²) in [6.07, 6.45) is 4.48. The number of methoxy groups -OCH3 is 2. The minimum atomic E-state index is -1.36. The highest BCUT2D eigenvalue weighted by Crippen LogP contribution is 2.30. The van der Waals surface area contributed by atoms with Crippen LogP contribution in [0.2, 0.25) is 0 Å². The van der Waals surface area contributed by atoms with Crippen LogP contribution in [0.25, 0.3) is 0 Å². The Balaban J connectivity index is 1.45. The first-order chi connectivity index (χ1) is 39.7. The van der Waals surface area contributed by atoms with E-state index in [0.29, 0.717) is 78.7 Å². The number of amides is 7. The molecule has 0 spiro atoms. The van der Waals surface area contributed by atoms with Crippen LogP contribution in [0.1, 0.15) is 86.1 Å². The number of benzene rings is 1. The molecule has 3 rings (SSSR count). The summed E-state index contributed by atoms with van der Waals surface area (Å²) in [5.74, 6) is -4.44. The Kier molecular flexibility index (Phi) is 33.1. The molecular weight excluding hydrogens is 1080 g/mol. The van der Waals surface area contributed by atoms with Gasteiger partial charge in [-0.15, -0.1) is 0 Å². The fourth-order valence-electron chi connectivity index (χ4n) is 9.75. The van der Waals surface area contributed by atoms with Gasteiger partial charge in [-0.25, -0.2) is 4.79 Å². The maximum atomic E-state index is 14.6. The van der Waals surface area contributed by atoms with Crippen LogP contribution in [0.4, 0.5) is 0 Å². The van der Waals surface area contributed by atoms with Gasteiger partial charge < -0.3 is 68.0 Å². The number of imide groups is 1. The number of esters is 1. The molecule has 2 N–H and O–H groups in total. The van der Waals surface area contributed by atoms with Gasteiger partial charge in [0.2, 0.25) is 29.5 Å². The SMILES string of the molecule is C=CCOC(=O)C(Cc1ccccc1)NC(=O)C(C)C(OC)C1CCCN1C(=O)CC(OC)C(C(C)CC)N(C)C(=O)C(NC(=O)C(C)(C)N(C)C(=O)CCOCCOCCOCCOCCOCCOCCN1C(=O)C=CC1=O)C(C)C. The number of hydrogen-bond acceptors (Lipinski definition) is 17. The van der Waals surface area contributed by atoms with Gasteiger partial charge >= 0.3 is 5.97 Å². The van der Waals surface area contributed by atoms with Gasteiger partial charge in [-0.2, -0.15) is 0 Å². The highest BCUT2D eigenvalue weighted by molar-refractivity contribution is 6.12. The van der Waals surface area contributed by atoms with Crippen LogP contribution in [0, 0.1) is 17.8 Å². The zero-order valence-electron chi connectivity index (χ0n) is 51.1. The third-order valence-corrected chi connectivity index (χ3v) is 15.2. The van der Waals surface area contributed by atoms with Crippen LogP contribution in [0.15, 0.2) is 55.1 Å². The molecular formula is C60H96N6O17. The van der Waals surface area contributed by atoms with Gasteiger partial charge in [-0.05, 0) is 44.1 Å². The van der Waals surface area contributed by atoms with Gasteiger partial charge in [0, 0.05) is 53.4 Å². The van der Waals surface area contributed by atoms with E-state index >= 15 is 0 Å². The molecule has 0 aromatic heterocycles. The Bertz CT molecular complexity index is 2200. The van der Waals surface area contributed by atoms with E-state index < -0.39 is 65.6 Å². The molecule has 1 fully saturated rings. The molecule has 1 aromatic rings. The molecule has 23 heteroatoms.